The third-order valence-corrected chi connectivity index (χ3v) is 6.91. The normalized spacial score (nSPS) is 11.7. The molecule has 1 N–H and O–H groups in total. The zero-order valence-electron chi connectivity index (χ0n) is 21.0. The molecule has 1 heterocycles. The molecule has 0 unspecified atom stereocenters. The highest BCUT2D eigenvalue weighted by Crippen LogP contribution is 2.30. The van der Waals surface area contributed by atoms with Gasteiger partial charge in [0.05, 0.1) is 17.0 Å². The molecule has 1 amide bonds. The van der Waals surface area contributed by atoms with Gasteiger partial charge in [-0.1, -0.05) is 92.2 Å². The summed E-state index contributed by atoms with van der Waals surface area (Å²) in [6, 6.07) is 20.6. The summed E-state index contributed by atoms with van der Waals surface area (Å²) < 4.78 is 15.8. The van der Waals surface area contributed by atoms with E-state index in [1.165, 1.54) is 35.7 Å². The van der Waals surface area contributed by atoms with Gasteiger partial charge in [-0.05, 0) is 42.2 Å². The average molecular weight is 536 g/mol. The van der Waals surface area contributed by atoms with Crippen LogP contribution in [0.3, 0.4) is 0 Å². The Hall–Kier alpha value is -3.49. The minimum atomic E-state index is -0.519. The van der Waals surface area contributed by atoms with Crippen molar-refractivity contribution in [2.45, 2.75) is 38.3 Å². The Morgan fingerprint density at radius 2 is 1.78 bits per heavy atom. The van der Waals surface area contributed by atoms with Crippen molar-refractivity contribution >= 4 is 35.5 Å². The Morgan fingerprint density at radius 1 is 1.08 bits per heavy atom. The molecule has 0 fully saturated rings. The Bertz CT molecular complexity index is 1410. The number of rotatable bonds is 7. The number of halogens is 2. The summed E-state index contributed by atoms with van der Waals surface area (Å²) in [5.41, 5.74) is 6.72. The molecule has 190 valence electrons. The zero-order chi connectivity index (χ0) is 26.6. The lowest BCUT2D eigenvalue weighted by Gasteiger charge is -2.19. The predicted octanol–water partition coefficient (Wildman–Crippen LogP) is 6.58. The second-order valence-electron chi connectivity index (χ2n) is 9.52. The fraction of sp³-hybridized carbons (Fsp3) is 0.214. The smallest absolute Gasteiger partial charge is 0.250 e. The van der Waals surface area contributed by atoms with Crippen LogP contribution in [-0.4, -0.2) is 32.6 Å². The van der Waals surface area contributed by atoms with Crippen LogP contribution < -0.4 is 5.43 Å². The van der Waals surface area contributed by atoms with E-state index in [-0.39, 0.29) is 27.7 Å². The molecule has 0 spiro atoms. The van der Waals surface area contributed by atoms with E-state index < -0.39 is 5.82 Å². The van der Waals surface area contributed by atoms with Crippen molar-refractivity contribution in [1.82, 2.24) is 20.2 Å². The molecule has 0 bridgehead atoms. The van der Waals surface area contributed by atoms with E-state index in [2.05, 4.69) is 53.6 Å². The first kappa shape index (κ1) is 26.6. The SMILES string of the molecule is Cc1ccc(-n2c(SCC(=O)NN=Cc3c(F)cccc3Cl)nnc2-c2ccc(C(C)(C)C)cc2)cc1. The molecule has 37 heavy (non-hydrogen) atoms. The van der Waals surface area contributed by atoms with Crippen LogP contribution in [0, 0.1) is 12.7 Å². The predicted molar refractivity (Wildman–Crippen MR) is 148 cm³/mol. The van der Waals surface area contributed by atoms with Gasteiger partial charge >= 0.3 is 0 Å². The van der Waals surface area contributed by atoms with Crippen molar-refractivity contribution in [3.8, 4) is 17.1 Å². The first-order chi connectivity index (χ1) is 17.6. The number of nitrogens with zero attached hydrogens (tertiary/aromatic N) is 4. The molecule has 1 aromatic heterocycles. The Balaban J connectivity index is 1.55. The van der Waals surface area contributed by atoms with Crippen molar-refractivity contribution in [3.05, 3.63) is 94.3 Å². The van der Waals surface area contributed by atoms with Gasteiger partial charge in [0.25, 0.3) is 5.91 Å². The molecular formula is C28H27ClFN5OS. The Morgan fingerprint density at radius 3 is 2.43 bits per heavy atom. The monoisotopic (exact) mass is 535 g/mol. The van der Waals surface area contributed by atoms with Gasteiger partial charge in [-0.25, -0.2) is 9.82 Å². The average Bonchev–Trinajstić information content (AvgIpc) is 3.28. The summed E-state index contributed by atoms with van der Waals surface area (Å²) in [6.07, 6.45) is 1.19. The molecule has 0 saturated carbocycles. The third-order valence-electron chi connectivity index (χ3n) is 5.65. The number of nitrogens with one attached hydrogen (secondary N) is 1. The number of hydrogen-bond acceptors (Lipinski definition) is 5. The lowest BCUT2D eigenvalue weighted by molar-refractivity contribution is -0.118. The van der Waals surface area contributed by atoms with E-state index >= 15 is 0 Å². The van der Waals surface area contributed by atoms with Crippen LogP contribution in [0.1, 0.15) is 37.5 Å². The molecule has 6 nitrogen and oxygen atoms in total. The summed E-state index contributed by atoms with van der Waals surface area (Å²) in [5, 5.41) is 13.4. The lowest BCUT2D eigenvalue weighted by atomic mass is 9.87. The van der Waals surface area contributed by atoms with Gasteiger partial charge in [-0.3, -0.25) is 9.36 Å². The third kappa shape index (κ3) is 6.45. The van der Waals surface area contributed by atoms with E-state index in [1.54, 1.807) is 6.07 Å². The van der Waals surface area contributed by atoms with Crippen molar-refractivity contribution in [2.24, 2.45) is 5.10 Å². The molecule has 0 aliphatic heterocycles. The van der Waals surface area contributed by atoms with Gasteiger partial charge in [0.1, 0.15) is 5.82 Å². The molecule has 0 aliphatic rings. The lowest BCUT2D eigenvalue weighted by Crippen LogP contribution is -2.20. The van der Waals surface area contributed by atoms with Crippen LogP contribution >= 0.6 is 23.4 Å². The maximum atomic E-state index is 13.9. The van der Waals surface area contributed by atoms with Crippen LogP contribution in [0.4, 0.5) is 4.39 Å². The maximum absolute atomic E-state index is 13.9. The van der Waals surface area contributed by atoms with Crippen LogP contribution in [0.15, 0.2) is 77.0 Å². The maximum Gasteiger partial charge on any atom is 0.250 e. The molecule has 4 aromatic rings. The van der Waals surface area contributed by atoms with Gasteiger partial charge in [0.15, 0.2) is 11.0 Å². The Labute approximate surface area is 225 Å². The fourth-order valence-electron chi connectivity index (χ4n) is 3.56. The number of aryl methyl sites for hydroxylation is 1. The number of benzene rings is 3. The second kappa shape index (κ2) is 11.3. The summed E-state index contributed by atoms with van der Waals surface area (Å²) in [6.45, 7) is 8.54. The summed E-state index contributed by atoms with van der Waals surface area (Å²) in [4.78, 5) is 12.4. The van der Waals surface area contributed by atoms with Crippen LogP contribution in [0.25, 0.3) is 17.1 Å². The van der Waals surface area contributed by atoms with E-state index in [0.717, 1.165) is 16.8 Å². The fourth-order valence-corrected chi connectivity index (χ4v) is 4.52. The topological polar surface area (TPSA) is 72.2 Å². The van der Waals surface area contributed by atoms with Gasteiger partial charge in [-0.15, -0.1) is 10.2 Å². The van der Waals surface area contributed by atoms with Crippen LogP contribution in [-0.2, 0) is 10.2 Å². The molecule has 0 atom stereocenters. The molecule has 0 aliphatic carbocycles. The minimum absolute atomic E-state index is 0.0370. The molecule has 0 saturated heterocycles. The molecule has 4 rings (SSSR count). The van der Waals surface area contributed by atoms with E-state index in [9.17, 15) is 9.18 Å². The number of carbonyl (C=O) groups excluding carboxylic acids is 1. The molecule has 9 heteroatoms. The van der Waals surface area contributed by atoms with E-state index in [1.807, 2.05) is 47.9 Å². The first-order valence-electron chi connectivity index (χ1n) is 11.7. The minimum Gasteiger partial charge on any atom is -0.272 e. The van der Waals surface area contributed by atoms with Gasteiger partial charge < -0.3 is 0 Å². The number of hydrazone groups is 1. The van der Waals surface area contributed by atoms with Crippen molar-refractivity contribution in [1.29, 1.82) is 0 Å². The summed E-state index contributed by atoms with van der Waals surface area (Å²) >= 11 is 7.22. The number of carbonyl (C=O) groups is 1. The van der Waals surface area contributed by atoms with E-state index in [4.69, 9.17) is 11.6 Å². The molecular weight excluding hydrogens is 509 g/mol. The molecule has 3 aromatic carbocycles. The van der Waals surface area contributed by atoms with Crippen molar-refractivity contribution < 1.29 is 9.18 Å². The Kier molecular flexibility index (Phi) is 8.10. The standard InChI is InChI=1S/C28H27ClFN5OS/c1-18-8-14-21(15-9-18)35-26(19-10-12-20(13-11-19)28(2,3)4)33-34-27(35)37-17-25(36)32-31-16-22-23(29)6-5-7-24(22)30/h5-16H,17H2,1-4H3,(H,32,36). The van der Waals surface area contributed by atoms with Crippen molar-refractivity contribution in [3.63, 3.8) is 0 Å². The first-order valence-corrected chi connectivity index (χ1v) is 13.0. The van der Waals surface area contributed by atoms with Gasteiger partial charge in [0.2, 0.25) is 0 Å². The number of hydrogen-bond donors (Lipinski definition) is 1. The summed E-state index contributed by atoms with van der Waals surface area (Å²) in [7, 11) is 0. The zero-order valence-corrected chi connectivity index (χ0v) is 22.6. The largest absolute Gasteiger partial charge is 0.272 e. The van der Waals surface area contributed by atoms with E-state index in [0.29, 0.717) is 11.0 Å². The highest BCUT2D eigenvalue weighted by Gasteiger charge is 2.19. The number of aromatic nitrogens is 3. The highest BCUT2D eigenvalue weighted by molar-refractivity contribution is 7.99. The second-order valence-corrected chi connectivity index (χ2v) is 10.9. The number of amides is 1. The number of thioether (sulfide) groups is 1. The van der Waals surface area contributed by atoms with Gasteiger partial charge in [-0.2, -0.15) is 5.10 Å². The highest BCUT2D eigenvalue weighted by atomic mass is 35.5. The molecule has 0 radical (unpaired) electrons. The quantitative estimate of drug-likeness (QED) is 0.165. The van der Waals surface area contributed by atoms with Crippen LogP contribution in [0.2, 0.25) is 5.02 Å². The van der Waals surface area contributed by atoms with Gasteiger partial charge in [0, 0.05) is 16.8 Å². The van der Waals surface area contributed by atoms with Crippen molar-refractivity contribution in [2.75, 3.05) is 5.75 Å². The summed E-state index contributed by atoms with van der Waals surface area (Å²) in [5.74, 6) is -0.174. The van der Waals surface area contributed by atoms with Crippen LogP contribution in [0.5, 0.6) is 0 Å².